The van der Waals surface area contributed by atoms with Crippen LogP contribution in [0, 0.1) is 0 Å². The predicted molar refractivity (Wildman–Crippen MR) is 37.9 cm³/mol. The highest BCUT2D eigenvalue weighted by Crippen LogP contribution is 2.38. The Kier molecular flexibility index (Phi) is 1.42. The van der Waals surface area contributed by atoms with E-state index in [1.165, 1.54) is 0 Å². The highest BCUT2D eigenvalue weighted by molar-refractivity contribution is 5.73. The van der Waals surface area contributed by atoms with Crippen LogP contribution in [0.4, 0.5) is 0 Å². The van der Waals surface area contributed by atoms with Crippen LogP contribution in [-0.4, -0.2) is 22.8 Å². The smallest absolute Gasteiger partial charge is 0.309 e. The zero-order chi connectivity index (χ0) is 7.90. The maximum Gasteiger partial charge on any atom is 0.309 e. The zero-order valence-electron chi connectivity index (χ0n) is 6.38. The van der Waals surface area contributed by atoms with Gasteiger partial charge in [-0.2, -0.15) is 0 Å². The van der Waals surface area contributed by atoms with Crippen LogP contribution in [0.25, 0.3) is 0 Å². The van der Waals surface area contributed by atoms with Crippen LogP contribution >= 0.6 is 0 Å². The minimum atomic E-state index is -0.810. The third kappa shape index (κ3) is 1.03. The van der Waals surface area contributed by atoms with Crippen LogP contribution in [0.15, 0.2) is 0 Å². The summed E-state index contributed by atoms with van der Waals surface area (Å²) in [6.45, 7) is 0. The molecule has 0 aromatic rings. The van der Waals surface area contributed by atoms with Crippen LogP contribution in [-0.2, 0) is 9.53 Å². The highest BCUT2D eigenvalue weighted by atomic mass is 16.6. The highest BCUT2D eigenvalue weighted by Gasteiger charge is 2.48. The number of hydrogen-bond acceptors (Lipinski definition) is 3. The molecular weight excluding hydrogens is 144 g/mol. The molecule has 0 spiro atoms. The number of rotatable bonds is 0. The molecule has 3 heteroatoms. The Balaban J connectivity index is 2.17. The fraction of sp³-hybridized carbons (Fsp3) is 0.875. The first-order chi connectivity index (χ1) is 5.21. The normalized spacial score (nSPS) is 43.4. The first kappa shape index (κ1) is 7.10. The van der Waals surface area contributed by atoms with Gasteiger partial charge in [0.1, 0.15) is 11.7 Å². The molecule has 2 aliphatic rings. The van der Waals surface area contributed by atoms with Crippen molar-refractivity contribution in [1.29, 1.82) is 0 Å². The molecule has 11 heavy (non-hydrogen) atoms. The molecule has 2 rings (SSSR count). The molecule has 2 atom stereocenters. The Morgan fingerprint density at radius 2 is 2.36 bits per heavy atom. The maximum atomic E-state index is 10.8. The summed E-state index contributed by atoms with van der Waals surface area (Å²) in [5.74, 6) is -0.237. The van der Waals surface area contributed by atoms with Gasteiger partial charge in [-0.05, 0) is 19.3 Å². The van der Waals surface area contributed by atoms with Gasteiger partial charge < -0.3 is 9.84 Å². The van der Waals surface area contributed by atoms with E-state index in [0.29, 0.717) is 0 Å². The van der Waals surface area contributed by atoms with Gasteiger partial charge in [-0.15, -0.1) is 0 Å². The van der Waals surface area contributed by atoms with E-state index in [0.717, 1.165) is 25.7 Å². The minimum Gasteiger partial charge on any atom is -0.459 e. The van der Waals surface area contributed by atoms with Gasteiger partial charge in [0.05, 0.1) is 6.42 Å². The summed E-state index contributed by atoms with van der Waals surface area (Å²) in [5.41, 5.74) is -0.810. The van der Waals surface area contributed by atoms with Crippen molar-refractivity contribution >= 4 is 5.97 Å². The van der Waals surface area contributed by atoms with Gasteiger partial charge >= 0.3 is 5.97 Å². The van der Waals surface area contributed by atoms with E-state index >= 15 is 0 Å². The van der Waals surface area contributed by atoms with E-state index < -0.39 is 5.60 Å². The fourth-order valence-corrected chi connectivity index (χ4v) is 2.01. The number of hydrogen-bond donors (Lipinski definition) is 1. The quantitative estimate of drug-likeness (QED) is 0.522. The van der Waals surface area contributed by atoms with Gasteiger partial charge in [0.15, 0.2) is 0 Å². The van der Waals surface area contributed by atoms with E-state index in [1.54, 1.807) is 0 Å². The maximum absolute atomic E-state index is 10.8. The number of fused-ring (bicyclic) bond motifs is 1. The summed E-state index contributed by atoms with van der Waals surface area (Å²) in [5, 5.41) is 9.84. The largest absolute Gasteiger partial charge is 0.459 e. The Hall–Kier alpha value is -0.570. The number of carbonyl (C=O) groups is 1. The van der Waals surface area contributed by atoms with Crippen LogP contribution < -0.4 is 0 Å². The van der Waals surface area contributed by atoms with Crippen LogP contribution in [0.2, 0.25) is 0 Å². The molecule has 1 aliphatic heterocycles. The standard InChI is InChI=1S/C8H12O3/c9-7-5-8(10)4-2-1-3-6(8)11-7/h6,10H,1-5H2/t6-,8-/m1/s1. The second-order valence-electron chi connectivity index (χ2n) is 3.50. The van der Waals surface area contributed by atoms with Crippen LogP contribution in [0.1, 0.15) is 32.1 Å². The average molecular weight is 156 g/mol. The number of carbonyl (C=O) groups excluding carboxylic acids is 1. The lowest BCUT2D eigenvalue weighted by molar-refractivity contribution is -0.143. The molecule has 0 aromatic carbocycles. The van der Waals surface area contributed by atoms with E-state index in [-0.39, 0.29) is 18.5 Å². The molecule has 3 nitrogen and oxygen atoms in total. The third-order valence-electron chi connectivity index (χ3n) is 2.65. The number of aliphatic hydroxyl groups is 1. The topological polar surface area (TPSA) is 46.5 Å². The van der Waals surface area contributed by atoms with Crippen molar-refractivity contribution in [2.75, 3.05) is 0 Å². The molecule has 1 saturated carbocycles. The Bertz CT molecular complexity index is 190. The predicted octanol–water partition coefficient (Wildman–Crippen LogP) is 0.607. The van der Waals surface area contributed by atoms with Crippen molar-refractivity contribution in [3.05, 3.63) is 0 Å². The minimum absolute atomic E-state index is 0.205. The van der Waals surface area contributed by atoms with Crippen molar-refractivity contribution in [1.82, 2.24) is 0 Å². The Morgan fingerprint density at radius 3 is 3.09 bits per heavy atom. The first-order valence-electron chi connectivity index (χ1n) is 4.13. The SMILES string of the molecule is O=C1C[C@]2(O)CCCC[C@H]2O1. The van der Waals surface area contributed by atoms with Crippen molar-refractivity contribution < 1.29 is 14.6 Å². The van der Waals surface area contributed by atoms with Crippen molar-refractivity contribution in [3.63, 3.8) is 0 Å². The lowest BCUT2D eigenvalue weighted by atomic mass is 9.82. The first-order valence-corrected chi connectivity index (χ1v) is 4.13. The van der Waals surface area contributed by atoms with Gasteiger partial charge in [-0.25, -0.2) is 0 Å². The second kappa shape index (κ2) is 2.21. The molecule has 1 heterocycles. The molecule has 0 bridgehead atoms. The fourth-order valence-electron chi connectivity index (χ4n) is 2.01. The van der Waals surface area contributed by atoms with Gasteiger partial charge in [0.2, 0.25) is 0 Å². The summed E-state index contributed by atoms with van der Waals surface area (Å²) >= 11 is 0. The second-order valence-corrected chi connectivity index (χ2v) is 3.50. The van der Waals surface area contributed by atoms with E-state index in [1.807, 2.05) is 0 Å². The van der Waals surface area contributed by atoms with Crippen molar-refractivity contribution in [2.24, 2.45) is 0 Å². The molecule has 2 fully saturated rings. The van der Waals surface area contributed by atoms with Gasteiger partial charge in [-0.1, -0.05) is 6.42 Å². The summed E-state index contributed by atoms with van der Waals surface area (Å²) < 4.78 is 4.98. The summed E-state index contributed by atoms with van der Waals surface area (Å²) in [7, 11) is 0. The van der Waals surface area contributed by atoms with Crippen molar-refractivity contribution in [3.8, 4) is 0 Å². The monoisotopic (exact) mass is 156 g/mol. The Labute approximate surface area is 65.4 Å². The van der Waals surface area contributed by atoms with E-state index in [9.17, 15) is 9.90 Å². The lowest BCUT2D eigenvalue weighted by Gasteiger charge is -2.31. The summed E-state index contributed by atoms with van der Waals surface area (Å²) in [6, 6.07) is 0. The third-order valence-corrected chi connectivity index (χ3v) is 2.65. The zero-order valence-corrected chi connectivity index (χ0v) is 6.38. The summed E-state index contributed by atoms with van der Waals surface area (Å²) in [6.07, 6.45) is 3.65. The number of ether oxygens (including phenoxy) is 1. The Morgan fingerprint density at radius 1 is 1.55 bits per heavy atom. The van der Waals surface area contributed by atoms with E-state index in [2.05, 4.69) is 0 Å². The van der Waals surface area contributed by atoms with Gasteiger partial charge in [0, 0.05) is 0 Å². The molecule has 0 unspecified atom stereocenters. The van der Waals surface area contributed by atoms with Crippen LogP contribution in [0.3, 0.4) is 0 Å². The van der Waals surface area contributed by atoms with Gasteiger partial charge in [-0.3, -0.25) is 4.79 Å². The summed E-state index contributed by atoms with van der Waals surface area (Å²) in [4.78, 5) is 10.8. The molecule has 1 N–H and O–H groups in total. The molecular formula is C8H12O3. The average Bonchev–Trinajstić information content (AvgIpc) is 2.22. The van der Waals surface area contributed by atoms with E-state index in [4.69, 9.17) is 4.74 Å². The number of esters is 1. The molecule has 1 saturated heterocycles. The molecule has 0 amide bonds. The van der Waals surface area contributed by atoms with Gasteiger partial charge in [0.25, 0.3) is 0 Å². The van der Waals surface area contributed by atoms with Crippen LogP contribution in [0.5, 0.6) is 0 Å². The lowest BCUT2D eigenvalue weighted by Crippen LogP contribution is -2.40. The molecule has 62 valence electrons. The molecule has 0 radical (unpaired) electrons. The molecule has 0 aromatic heterocycles. The van der Waals surface area contributed by atoms with Crippen molar-refractivity contribution in [2.45, 2.75) is 43.8 Å². The molecule has 1 aliphatic carbocycles.